The van der Waals surface area contributed by atoms with Crippen LogP contribution in [0, 0.1) is 6.92 Å². The summed E-state index contributed by atoms with van der Waals surface area (Å²) in [6, 6.07) is 0.603. The minimum absolute atomic E-state index is 0.603. The van der Waals surface area contributed by atoms with Gasteiger partial charge in [0, 0.05) is 31.5 Å². The zero-order valence-electron chi connectivity index (χ0n) is 11.5. The van der Waals surface area contributed by atoms with Crippen LogP contribution in [0.2, 0.25) is 0 Å². The van der Waals surface area contributed by atoms with Gasteiger partial charge in [0.2, 0.25) is 5.95 Å². The Bertz CT molecular complexity index is 343. The number of nitrogens with one attached hydrogen (secondary N) is 1. The van der Waals surface area contributed by atoms with E-state index in [1.54, 1.807) is 0 Å². The molecule has 4 nitrogen and oxygen atoms in total. The molecule has 1 fully saturated rings. The number of hydrogen-bond acceptors (Lipinski definition) is 4. The molecule has 1 aliphatic heterocycles. The van der Waals surface area contributed by atoms with Crippen LogP contribution in [-0.4, -0.2) is 35.6 Å². The summed E-state index contributed by atoms with van der Waals surface area (Å²) in [5.41, 5.74) is 1.12. The van der Waals surface area contributed by atoms with Gasteiger partial charge < -0.3 is 10.2 Å². The van der Waals surface area contributed by atoms with E-state index in [0.717, 1.165) is 31.1 Å². The van der Waals surface area contributed by atoms with Gasteiger partial charge in [0.05, 0.1) is 0 Å². The summed E-state index contributed by atoms with van der Waals surface area (Å²) in [5, 5.41) is 3.55. The molecule has 1 unspecified atom stereocenters. The topological polar surface area (TPSA) is 41.0 Å². The first-order valence-corrected chi connectivity index (χ1v) is 7.06. The standard InChI is InChI=1S/C14H24N4/c1-3-4-8-18(11-13-6-5-7-15-13)14-16-9-12(2)10-17-14/h9-10,13,15H,3-8,11H2,1-2H3. The summed E-state index contributed by atoms with van der Waals surface area (Å²) in [5.74, 6) is 0.878. The lowest BCUT2D eigenvalue weighted by molar-refractivity contribution is 0.565. The van der Waals surface area contributed by atoms with Gasteiger partial charge in [-0.2, -0.15) is 0 Å². The fourth-order valence-corrected chi connectivity index (χ4v) is 2.35. The summed E-state index contributed by atoms with van der Waals surface area (Å²) < 4.78 is 0. The molecule has 0 spiro atoms. The maximum Gasteiger partial charge on any atom is 0.225 e. The van der Waals surface area contributed by atoms with Crippen molar-refractivity contribution in [1.29, 1.82) is 0 Å². The molecule has 1 aromatic heterocycles. The fourth-order valence-electron chi connectivity index (χ4n) is 2.35. The predicted octanol–water partition coefficient (Wildman–Crippen LogP) is 2.14. The van der Waals surface area contributed by atoms with Gasteiger partial charge in [-0.05, 0) is 38.3 Å². The third-order valence-corrected chi connectivity index (χ3v) is 3.43. The first-order chi connectivity index (χ1) is 8.79. The average molecular weight is 248 g/mol. The minimum atomic E-state index is 0.603. The first kappa shape index (κ1) is 13.3. The second kappa shape index (κ2) is 6.69. The van der Waals surface area contributed by atoms with Crippen molar-refractivity contribution < 1.29 is 0 Å². The number of hydrogen-bond donors (Lipinski definition) is 1. The molecule has 2 rings (SSSR count). The lowest BCUT2D eigenvalue weighted by Crippen LogP contribution is -2.39. The Morgan fingerprint density at radius 1 is 1.39 bits per heavy atom. The molecule has 0 aliphatic carbocycles. The Balaban J connectivity index is 2.00. The molecule has 0 bridgehead atoms. The van der Waals surface area contributed by atoms with Crippen LogP contribution in [0.3, 0.4) is 0 Å². The second-order valence-corrected chi connectivity index (χ2v) is 5.15. The highest BCUT2D eigenvalue weighted by Crippen LogP contribution is 2.13. The van der Waals surface area contributed by atoms with Crippen LogP contribution in [0.4, 0.5) is 5.95 Å². The number of nitrogens with zero attached hydrogens (tertiary/aromatic N) is 3. The number of anilines is 1. The van der Waals surface area contributed by atoms with Crippen molar-refractivity contribution in [3.8, 4) is 0 Å². The smallest absolute Gasteiger partial charge is 0.225 e. The van der Waals surface area contributed by atoms with E-state index in [4.69, 9.17) is 0 Å². The molecule has 1 aromatic rings. The molecule has 1 saturated heterocycles. The number of unbranched alkanes of at least 4 members (excludes halogenated alkanes) is 1. The van der Waals surface area contributed by atoms with Crippen molar-refractivity contribution in [2.75, 3.05) is 24.5 Å². The maximum atomic E-state index is 4.46. The van der Waals surface area contributed by atoms with Crippen LogP contribution < -0.4 is 10.2 Å². The minimum Gasteiger partial charge on any atom is -0.339 e. The van der Waals surface area contributed by atoms with Crippen LogP contribution in [0.5, 0.6) is 0 Å². The molecule has 1 aliphatic rings. The lowest BCUT2D eigenvalue weighted by atomic mass is 10.2. The van der Waals surface area contributed by atoms with Crippen LogP contribution in [-0.2, 0) is 0 Å². The highest BCUT2D eigenvalue weighted by Gasteiger charge is 2.19. The summed E-state index contributed by atoms with van der Waals surface area (Å²) in [4.78, 5) is 11.2. The normalized spacial score (nSPS) is 19.1. The summed E-state index contributed by atoms with van der Waals surface area (Å²) in [6.45, 7) is 7.49. The van der Waals surface area contributed by atoms with Gasteiger partial charge in [-0.15, -0.1) is 0 Å². The zero-order chi connectivity index (χ0) is 12.8. The first-order valence-electron chi connectivity index (χ1n) is 7.06. The van der Waals surface area contributed by atoms with E-state index in [-0.39, 0.29) is 0 Å². The van der Waals surface area contributed by atoms with Gasteiger partial charge in [0.15, 0.2) is 0 Å². The molecule has 2 heterocycles. The van der Waals surface area contributed by atoms with E-state index >= 15 is 0 Å². The summed E-state index contributed by atoms with van der Waals surface area (Å²) in [7, 11) is 0. The van der Waals surface area contributed by atoms with Crippen LogP contribution in [0.1, 0.15) is 38.2 Å². The maximum absolute atomic E-state index is 4.46. The monoisotopic (exact) mass is 248 g/mol. The predicted molar refractivity (Wildman–Crippen MR) is 74.9 cm³/mol. The number of aryl methyl sites for hydroxylation is 1. The molecule has 100 valence electrons. The van der Waals surface area contributed by atoms with Gasteiger partial charge >= 0.3 is 0 Å². The third kappa shape index (κ3) is 3.67. The quantitative estimate of drug-likeness (QED) is 0.837. The summed E-state index contributed by atoms with van der Waals surface area (Å²) in [6.07, 6.45) is 8.78. The van der Waals surface area contributed by atoms with Gasteiger partial charge in [0.1, 0.15) is 0 Å². The Morgan fingerprint density at radius 2 is 2.17 bits per heavy atom. The van der Waals surface area contributed by atoms with E-state index in [1.165, 1.54) is 25.7 Å². The summed E-state index contributed by atoms with van der Waals surface area (Å²) >= 11 is 0. The number of aromatic nitrogens is 2. The second-order valence-electron chi connectivity index (χ2n) is 5.15. The van der Waals surface area contributed by atoms with Crippen molar-refractivity contribution in [3.63, 3.8) is 0 Å². The SMILES string of the molecule is CCCCN(CC1CCCN1)c1ncc(C)cn1. The van der Waals surface area contributed by atoms with Crippen molar-refractivity contribution in [3.05, 3.63) is 18.0 Å². The molecule has 0 radical (unpaired) electrons. The molecule has 18 heavy (non-hydrogen) atoms. The highest BCUT2D eigenvalue weighted by atomic mass is 15.3. The van der Waals surface area contributed by atoms with E-state index in [9.17, 15) is 0 Å². The molecule has 1 N–H and O–H groups in total. The highest BCUT2D eigenvalue weighted by molar-refractivity contribution is 5.30. The average Bonchev–Trinajstić information content (AvgIpc) is 2.88. The molecular formula is C14H24N4. The third-order valence-electron chi connectivity index (χ3n) is 3.43. The molecule has 0 aromatic carbocycles. The lowest BCUT2D eigenvalue weighted by Gasteiger charge is -2.25. The van der Waals surface area contributed by atoms with Gasteiger partial charge in [-0.1, -0.05) is 13.3 Å². The number of rotatable bonds is 6. The van der Waals surface area contributed by atoms with Crippen molar-refractivity contribution in [2.45, 2.75) is 45.6 Å². The van der Waals surface area contributed by atoms with E-state index in [2.05, 4.69) is 27.1 Å². The van der Waals surface area contributed by atoms with E-state index in [0.29, 0.717) is 6.04 Å². The molecule has 0 saturated carbocycles. The van der Waals surface area contributed by atoms with Crippen molar-refractivity contribution >= 4 is 5.95 Å². The Kier molecular flexibility index (Phi) is 4.93. The zero-order valence-corrected chi connectivity index (χ0v) is 11.5. The van der Waals surface area contributed by atoms with Crippen LogP contribution in [0.25, 0.3) is 0 Å². The van der Waals surface area contributed by atoms with Gasteiger partial charge in [-0.25, -0.2) is 9.97 Å². The van der Waals surface area contributed by atoms with Gasteiger partial charge in [0.25, 0.3) is 0 Å². The molecule has 0 amide bonds. The Morgan fingerprint density at radius 3 is 2.78 bits per heavy atom. The van der Waals surface area contributed by atoms with E-state index in [1.807, 2.05) is 19.3 Å². The van der Waals surface area contributed by atoms with Crippen LogP contribution in [0.15, 0.2) is 12.4 Å². The fraction of sp³-hybridized carbons (Fsp3) is 0.714. The largest absolute Gasteiger partial charge is 0.339 e. The Hall–Kier alpha value is -1.16. The molecule has 1 atom stereocenters. The molecule has 4 heteroatoms. The van der Waals surface area contributed by atoms with Crippen LogP contribution >= 0.6 is 0 Å². The van der Waals surface area contributed by atoms with E-state index < -0.39 is 0 Å². The Labute approximate surface area is 110 Å². The van der Waals surface area contributed by atoms with Gasteiger partial charge in [-0.3, -0.25) is 0 Å². The van der Waals surface area contributed by atoms with Crippen molar-refractivity contribution in [2.24, 2.45) is 0 Å². The van der Waals surface area contributed by atoms with Crippen molar-refractivity contribution in [1.82, 2.24) is 15.3 Å². The molecular weight excluding hydrogens is 224 g/mol.